The van der Waals surface area contributed by atoms with Gasteiger partial charge in [-0.2, -0.15) is 0 Å². The van der Waals surface area contributed by atoms with E-state index in [0.717, 1.165) is 29.3 Å². The van der Waals surface area contributed by atoms with Crippen LogP contribution < -0.4 is 10.6 Å². The Balaban J connectivity index is 1.68. The summed E-state index contributed by atoms with van der Waals surface area (Å²) >= 11 is 13.6. The molecule has 0 aromatic heterocycles. The maximum Gasteiger partial charge on any atom is 0.224 e. The largest absolute Gasteiger partial charge is 0.326 e. The van der Waals surface area contributed by atoms with Crippen LogP contribution in [0.3, 0.4) is 0 Å². The summed E-state index contributed by atoms with van der Waals surface area (Å²) in [4.78, 5) is 23.9. The Morgan fingerprint density at radius 3 is 1.38 bits per heavy atom. The smallest absolute Gasteiger partial charge is 0.224 e. The number of halogens is 4. The van der Waals surface area contributed by atoms with Crippen molar-refractivity contribution in [3.05, 3.63) is 54.3 Å². The van der Waals surface area contributed by atoms with Crippen LogP contribution in [0.2, 0.25) is 0 Å². The first kappa shape index (κ1) is 21.6. The van der Waals surface area contributed by atoms with Crippen LogP contribution in [0.25, 0.3) is 0 Å². The van der Waals surface area contributed by atoms with Crippen molar-refractivity contribution in [1.29, 1.82) is 0 Å². The van der Waals surface area contributed by atoms with Gasteiger partial charge in [0.25, 0.3) is 0 Å². The number of unbranched alkanes of at least 4 members (excludes halogenated alkanes) is 1. The molecule has 0 aliphatic carbocycles. The molecule has 2 amide bonds. The van der Waals surface area contributed by atoms with E-state index in [0.29, 0.717) is 25.7 Å². The number of nitrogens with one attached hydrogen (secondary N) is 2. The molecular weight excluding hydrogens is 596 g/mol. The number of rotatable bonds is 7. The molecule has 0 radical (unpaired) electrons. The molecule has 0 heterocycles. The summed E-state index contributed by atoms with van der Waals surface area (Å²) in [6.07, 6.45) is 2.07. The van der Waals surface area contributed by atoms with Gasteiger partial charge in [-0.05, 0) is 113 Å². The summed E-state index contributed by atoms with van der Waals surface area (Å²) in [5.74, 6) is -0.118. The van der Waals surface area contributed by atoms with Gasteiger partial charge < -0.3 is 10.6 Å². The van der Waals surface area contributed by atoms with E-state index in [1.54, 1.807) is 0 Å². The molecule has 0 fully saturated rings. The lowest BCUT2D eigenvalue weighted by atomic mass is 10.1. The minimum atomic E-state index is -0.0588. The van der Waals surface area contributed by atoms with Crippen LogP contribution in [-0.4, -0.2) is 11.8 Å². The molecule has 0 saturated carbocycles. The van der Waals surface area contributed by atoms with Crippen LogP contribution in [0.1, 0.15) is 25.7 Å². The quantitative estimate of drug-likeness (QED) is 0.336. The molecule has 2 N–H and O–H groups in total. The van der Waals surface area contributed by atoms with Gasteiger partial charge >= 0.3 is 0 Å². The van der Waals surface area contributed by atoms with E-state index in [1.807, 2.05) is 36.4 Å². The predicted molar refractivity (Wildman–Crippen MR) is 119 cm³/mol. The molecule has 2 aromatic rings. The second kappa shape index (κ2) is 10.6. The summed E-state index contributed by atoms with van der Waals surface area (Å²) in [5.41, 5.74) is 1.48. The molecule has 0 atom stereocenters. The summed E-state index contributed by atoms with van der Waals surface area (Å²) in [6, 6.07) is 11.1. The zero-order valence-electron chi connectivity index (χ0n) is 13.6. The first-order valence-corrected chi connectivity index (χ1v) is 11.0. The Labute approximate surface area is 186 Å². The fourth-order valence-electron chi connectivity index (χ4n) is 2.17. The molecule has 0 unspecified atom stereocenters. The number of benzene rings is 2. The standard InChI is InChI=1S/C18H16Br4N2O2/c19-13-7-5-11(9-15(13)21)23-17(25)3-1-2-4-18(26)24-12-6-8-14(20)16(22)10-12/h5-10H,1-4H2,(H,23,25)(H,24,26). The molecule has 4 nitrogen and oxygen atoms in total. The fourth-order valence-corrected chi connectivity index (χ4v) is 3.42. The number of hydrogen-bond donors (Lipinski definition) is 2. The zero-order valence-corrected chi connectivity index (χ0v) is 20.0. The van der Waals surface area contributed by atoms with Gasteiger partial charge in [-0.3, -0.25) is 9.59 Å². The monoisotopic (exact) mass is 608 g/mol. The van der Waals surface area contributed by atoms with Crippen molar-refractivity contribution in [3.8, 4) is 0 Å². The fraction of sp³-hybridized carbons (Fsp3) is 0.222. The minimum absolute atomic E-state index is 0.0588. The SMILES string of the molecule is O=C(CCCCC(=O)Nc1ccc(Br)c(Br)c1)Nc1ccc(Br)c(Br)c1. The van der Waals surface area contributed by atoms with Gasteiger partial charge in [0.2, 0.25) is 11.8 Å². The molecule has 138 valence electrons. The summed E-state index contributed by atoms with van der Waals surface area (Å²) in [6.45, 7) is 0. The number of hydrogen-bond acceptors (Lipinski definition) is 2. The van der Waals surface area contributed by atoms with Crippen molar-refractivity contribution >= 4 is 86.9 Å². The Hall–Kier alpha value is -0.700. The van der Waals surface area contributed by atoms with Crippen molar-refractivity contribution in [2.75, 3.05) is 10.6 Å². The molecule has 2 rings (SSSR count). The van der Waals surface area contributed by atoms with E-state index in [2.05, 4.69) is 74.4 Å². The van der Waals surface area contributed by atoms with Gasteiger partial charge in [0.1, 0.15) is 0 Å². The van der Waals surface area contributed by atoms with Gasteiger partial charge in [0.15, 0.2) is 0 Å². The summed E-state index contributed by atoms with van der Waals surface area (Å²) < 4.78 is 3.62. The minimum Gasteiger partial charge on any atom is -0.326 e. The van der Waals surface area contributed by atoms with Crippen LogP contribution >= 0.6 is 63.7 Å². The molecule has 0 aliphatic rings. The van der Waals surface area contributed by atoms with Crippen LogP contribution in [0.4, 0.5) is 11.4 Å². The Morgan fingerprint density at radius 1 is 0.654 bits per heavy atom. The maximum atomic E-state index is 12.0. The highest BCUT2D eigenvalue weighted by Crippen LogP contribution is 2.27. The first-order valence-electron chi connectivity index (χ1n) is 7.85. The molecule has 0 bridgehead atoms. The second-order valence-electron chi connectivity index (χ2n) is 5.56. The van der Waals surface area contributed by atoms with Crippen LogP contribution in [0.5, 0.6) is 0 Å². The van der Waals surface area contributed by atoms with Gasteiger partial charge in [-0.15, -0.1) is 0 Å². The van der Waals surface area contributed by atoms with Crippen LogP contribution in [-0.2, 0) is 9.59 Å². The third-order valence-corrected chi connectivity index (χ3v) is 7.22. The van der Waals surface area contributed by atoms with E-state index in [1.165, 1.54) is 0 Å². The molecule has 0 spiro atoms. The molecule has 2 aromatic carbocycles. The third kappa shape index (κ3) is 7.13. The molecule has 0 saturated heterocycles. The predicted octanol–water partition coefficient (Wildman–Crippen LogP) is 6.87. The van der Waals surface area contributed by atoms with E-state index in [4.69, 9.17) is 0 Å². The zero-order chi connectivity index (χ0) is 19.1. The average Bonchev–Trinajstić information content (AvgIpc) is 2.58. The highest BCUT2D eigenvalue weighted by molar-refractivity contribution is 9.13. The summed E-state index contributed by atoms with van der Waals surface area (Å²) in [7, 11) is 0. The average molecular weight is 612 g/mol. The van der Waals surface area contributed by atoms with Gasteiger partial charge in [-0.1, -0.05) is 0 Å². The highest BCUT2D eigenvalue weighted by Gasteiger charge is 2.07. The van der Waals surface area contributed by atoms with E-state index in [-0.39, 0.29) is 11.8 Å². The Kier molecular flexibility index (Phi) is 8.79. The maximum absolute atomic E-state index is 12.0. The number of carbonyl (C=O) groups is 2. The van der Waals surface area contributed by atoms with Crippen LogP contribution in [0, 0.1) is 0 Å². The third-order valence-electron chi connectivity index (χ3n) is 3.46. The van der Waals surface area contributed by atoms with Gasteiger partial charge in [-0.25, -0.2) is 0 Å². The Morgan fingerprint density at radius 2 is 1.04 bits per heavy atom. The number of anilines is 2. The lowest BCUT2D eigenvalue weighted by molar-refractivity contribution is -0.118. The van der Waals surface area contributed by atoms with Crippen molar-refractivity contribution < 1.29 is 9.59 Å². The molecule has 0 aliphatic heterocycles. The van der Waals surface area contributed by atoms with E-state index in [9.17, 15) is 9.59 Å². The normalized spacial score (nSPS) is 10.5. The van der Waals surface area contributed by atoms with Gasteiger partial charge in [0, 0.05) is 42.1 Å². The Bertz CT molecular complexity index is 744. The first-order chi connectivity index (χ1) is 12.3. The van der Waals surface area contributed by atoms with Crippen molar-refractivity contribution in [2.24, 2.45) is 0 Å². The van der Waals surface area contributed by atoms with Crippen molar-refractivity contribution in [3.63, 3.8) is 0 Å². The molecule has 26 heavy (non-hydrogen) atoms. The van der Waals surface area contributed by atoms with Gasteiger partial charge in [0.05, 0.1) is 0 Å². The van der Waals surface area contributed by atoms with E-state index >= 15 is 0 Å². The van der Waals surface area contributed by atoms with Crippen LogP contribution in [0.15, 0.2) is 54.3 Å². The second-order valence-corrected chi connectivity index (χ2v) is 8.98. The number of amides is 2. The van der Waals surface area contributed by atoms with Crippen molar-refractivity contribution in [2.45, 2.75) is 25.7 Å². The van der Waals surface area contributed by atoms with Crippen molar-refractivity contribution in [1.82, 2.24) is 0 Å². The summed E-state index contributed by atoms with van der Waals surface area (Å²) in [5, 5.41) is 5.70. The number of carbonyl (C=O) groups excluding carboxylic acids is 2. The lowest BCUT2D eigenvalue weighted by Crippen LogP contribution is -2.13. The topological polar surface area (TPSA) is 58.2 Å². The lowest BCUT2D eigenvalue weighted by Gasteiger charge is -2.08. The highest BCUT2D eigenvalue weighted by atomic mass is 79.9. The molecule has 8 heteroatoms. The van der Waals surface area contributed by atoms with E-state index < -0.39 is 0 Å². The molecular formula is C18H16Br4N2O2.